The van der Waals surface area contributed by atoms with E-state index in [4.69, 9.17) is 0 Å². The molecule has 0 atom stereocenters. The van der Waals surface area contributed by atoms with E-state index in [0.29, 0.717) is 5.69 Å². The van der Waals surface area contributed by atoms with E-state index in [1.54, 1.807) is 12.4 Å². The molecule has 4 aromatic rings. The molecule has 0 unspecified atom stereocenters. The van der Waals surface area contributed by atoms with E-state index in [9.17, 15) is 4.39 Å². The van der Waals surface area contributed by atoms with Gasteiger partial charge in [-0.15, -0.1) is 0 Å². The Bertz CT molecular complexity index is 933. The summed E-state index contributed by atoms with van der Waals surface area (Å²) >= 11 is 0. The minimum absolute atomic E-state index is 0.335. The molecule has 0 amide bonds. The zero-order valence-electron chi connectivity index (χ0n) is 10.5. The molecular formula is C15H9BFN3. The molecule has 0 aliphatic heterocycles. The maximum absolute atomic E-state index is 14.3. The summed E-state index contributed by atoms with van der Waals surface area (Å²) in [5, 5.41) is 1.77. The summed E-state index contributed by atoms with van der Waals surface area (Å²) < 4.78 is 16.2. The van der Waals surface area contributed by atoms with Gasteiger partial charge in [-0.25, -0.2) is 0 Å². The number of pyridine rings is 2. The van der Waals surface area contributed by atoms with E-state index in [2.05, 4.69) is 9.97 Å². The van der Waals surface area contributed by atoms with Crippen LogP contribution in [0.5, 0.6) is 0 Å². The van der Waals surface area contributed by atoms with Crippen LogP contribution in [0.4, 0.5) is 4.39 Å². The monoisotopic (exact) mass is 261 g/mol. The van der Waals surface area contributed by atoms with Crippen LogP contribution in [0.25, 0.3) is 27.4 Å². The van der Waals surface area contributed by atoms with Gasteiger partial charge in [0.2, 0.25) is 0 Å². The van der Waals surface area contributed by atoms with Crippen LogP contribution in [0.2, 0.25) is 0 Å². The number of benzene rings is 1. The molecule has 94 valence electrons. The number of para-hydroxylation sites is 1. The molecule has 0 aliphatic carbocycles. The fraction of sp³-hybridized carbons (Fsp3) is 0. The fourth-order valence-electron chi connectivity index (χ4n) is 2.52. The van der Waals surface area contributed by atoms with E-state index in [1.165, 1.54) is 6.20 Å². The van der Waals surface area contributed by atoms with Crippen LogP contribution in [-0.4, -0.2) is 21.4 Å². The predicted molar refractivity (Wildman–Crippen MR) is 77.7 cm³/mol. The number of rotatable bonds is 1. The molecule has 20 heavy (non-hydrogen) atoms. The minimum atomic E-state index is -0.335. The summed E-state index contributed by atoms with van der Waals surface area (Å²) in [6.07, 6.45) is 6.61. The summed E-state index contributed by atoms with van der Waals surface area (Å²) in [5.74, 6) is -0.335. The van der Waals surface area contributed by atoms with Crippen LogP contribution < -0.4 is 0 Å². The molecule has 3 nitrogen and oxygen atoms in total. The predicted octanol–water partition coefficient (Wildman–Crippen LogP) is 3.05. The van der Waals surface area contributed by atoms with E-state index in [-0.39, 0.29) is 5.82 Å². The van der Waals surface area contributed by atoms with Gasteiger partial charge >= 0.3 is 114 Å². The summed E-state index contributed by atoms with van der Waals surface area (Å²) in [4.78, 5) is 8.22. The quantitative estimate of drug-likeness (QED) is 0.527. The average molecular weight is 261 g/mol. The number of hydrogen-bond acceptors (Lipinski definition) is 2. The Labute approximate surface area is 114 Å². The van der Waals surface area contributed by atoms with Crippen LogP contribution in [0.15, 0.2) is 55.0 Å². The Kier molecular flexibility index (Phi) is 2.39. The molecule has 0 fully saturated rings. The van der Waals surface area contributed by atoms with Gasteiger partial charge < -0.3 is 0 Å². The Balaban J connectivity index is 2.14. The molecule has 0 spiro atoms. The van der Waals surface area contributed by atoms with E-state index < -0.39 is 0 Å². The molecule has 0 N–H and O–H groups in total. The van der Waals surface area contributed by atoms with Gasteiger partial charge in [0.15, 0.2) is 0 Å². The van der Waals surface area contributed by atoms with E-state index in [0.717, 1.165) is 21.7 Å². The number of fused-ring (bicyclic) bond motifs is 2. The molecule has 0 bridgehead atoms. The Morgan fingerprint density at radius 3 is 2.95 bits per heavy atom. The van der Waals surface area contributed by atoms with Crippen molar-refractivity contribution < 1.29 is 4.39 Å². The summed E-state index contributed by atoms with van der Waals surface area (Å²) in [7, 11) is 0. The third-order valence-corrected chi connectivity index (χ3v) is 3.43. The molecule has 3 heterocycles. The van der Waals surface area contributed by atoms with Gasteiger partial charge in [0.05, 0.1) is 0 Å². The van der Waals surface area contributed by atoms with Crippen LogP contribution in [0.1, 0.15) is 0 Å². The third kappa shape index (κ3) is 1.56. The first-order valence-corrected chi connectivity index (χ1v) is 6.29. The second-order valence-corrected chi connectivity index (χ2v) is 4.59. The first kappa shape index (κ1) is 11.3. The van der Waals surface area contributed by atoms with Gasteiger partial charge in [-0.1, -0.05) is 0 Å². The molecule has 1 aromatic carbocycles. The van der Waals surface area contributed by atoms with Crippen molar-refractivity contribution in [1.82, 2.24) is 14.5 Å². The Morgan fingerprint density at radius 1 is 1.10 bits per heavy atom. The van der Waals surface area contributed by atoms with Gasteiger partial charge in [0.25, 0.3) is 0 Å². The number of hydrogen-bond donors (Lipinski definition) is 0. The molecule has 0 saturated heterocycles. The Hall–Kier alpha value is -2.56. The Morgan fingerprint density at radius 2 is 2.00 bits per heavy atom. The van der Waals surface area contributed by atoms with Crippen LogP contribution >= 0.6 is 0 Å². The van der Waals surface area contributed by atoms with E-state index in [1.807, 2.05) is 47.9 Å². The molecule has 3 aromatic heterocycles. The second kappa shape index (κ2) is 4.23. The van der Waals surface area contributed by atoms with Gasteiger partial charge in [-0.3, -0.25) is 0 Å². The van der Waals surface area contributed by atoms with Crippen molar-refractivity contribution in [3.05, 3.63) is 60.8 Å². The number of halogens is 1. The van der Waals surface area contributed by atoms with Gasteiger partial charge in [-0.2, -0.15) is 0 Å². The molecule has 0 saturated carbocycles. The normalized spacial score (nSPS) is 11.1. The SMILES string of the molecule is Fc1cnc2ccccc2c1-n1cbc2cnccc21. The summed E-state index contributed by atoms with van der Waals surface area (Å²) in [6, 6.07) is 9.43. The van der Waals surface area contributed by atoms with E-state index >= 15 is 0 Å². The van der Waals surface area contributed by atoms with Crippen molar-refractivity contribution in [3.8, 4) is 5.69 Å². The van der Waals surface area contributed by atoms with Crippen molar-refractivity contribution in [3.63, 3.8) is 0 Å². The topological polar surface area (TPSA) is 30.7 Å². The molecule has 0 aliphatic rings. The van der Waals surface area contributed by atoms with Crippen molar-refractivity contribution in [2.24, 2.45) is 0 Å². The van der Waals surface area contributed by atoms with Crippen molar-refractivity contribution >= 4 is 28.6 Å². The van der Waals surface area contributed by atoms with Gasteiger partial charge in [0.1, 0.15) is 0 Å². The van der Waals surface area contributed by atoms with Crippen LogP contribution in [0, 0.1) is 5.82 Å². The number of aromatic nitrogens is 3. The van der Waals surface area contributed by atoms with Crippen LogP contribution in [0.3, 0.4) is 0 Å². The average Bonchev–Trinajstić information content (AvgIpc) is 2.91. The van der Waals surface area contributed by atoms with Crippen molar-refractivity contribution in [2.45, 2.75) is 0 Å². The molecular weight excluding hydrogens is 252 g/mol. The van der Waals surface area contributed by atoms with Crippen LogP contribution in [-0.2, 0) is 0 Å². The molecule has 5 heteroatoms. The van der Waals surface area contributed by atoms with Gasteiger partial charge in [0, 0.05) is 0 Å². The second-order valence-electron chi connectivity index (χ2n) is 4.59. The number of nitrogens with zero attached hydrogens (tertiary/aromatic N) is 3. The first-order valence-electron chi connectivity index (χ1n) is 6.29. The third-order valence-electron chi connectivity index (χ3n) is 3.43. The maximum atomic E-state index is 14.3. The summed E-state index contributed by atoms with van der Waals surface area (Å²) in [6.45, 7) is 1.93. The fourth-order valence-corrected chi connectivity index (χ4v) is 2.52. The standard InChI is InChI=1S/C15H9BFN3/c17-12-8-19-13-4-2-1-3-10(13)15(12)20-9-16-11-7-18-6-5-14(11)20/h1-9H. The molecule has 0 radical (unpaired) electrons. The first-order chi connectivity index (χ1) is 9.84. The molecule has 4 rings (SSSR count). The van der Waals surface area contributed by atoms with Crippen molar-refractivity contribution in [2.75, 3.05) is 0 Å². The zero-order valence-corrected chi connectivity index (χ0v) is 10.5. The zero-order chi connectivity index (χ0) is 13.5. The van der Waals surface area contributed by atoms with Gasteiger partial charge in [-0.05, 0) is 0 Å². The van der Waals surface area contributed by atoms with Crippen molar-refractivity contribution in [1.29, 1.82) is 0 Å². The summed E-state index contributed by atoms with van der Waals surface area (Å²) in [5.41, 5.74) is 2.23.